The number of hydrogen-bond donors (Lipinski definition) is 1. The second-order valence-corrected chi connectivity index (χ2v) is 5.17. The Morgan fingerprint density at radius 3 is 3.06 bits per heavy atom. The molecule has 0 atom stereocenters. The fourth-order valence-electron chi connectivity index (χ4n) is 1.60. The van der Waals surface area contributed by atoms with E-state index in [0.29, 0.717) is 11.6 Å². The number of benzene rings is 1. The van der Waals surface area contributed by atoms with Crippen LogP contribution in [0.25, 0.3) is 10.2 Å². The Labute approximate surface area is 105 Å². The van der Waals surface area contributed by atoms with Crippen molar-refractivity contribution in [3.63, 3.8) is 0 Å². The lowest BCUT2D eigenvalue weighted by atomic mass is 10.2. The zero-order chi connectivity index (χ0) is 12.3. The lowest BCUT2D eigenvalue weighted by Crippen LogP contribution is -2.10. The lowest BCUT2D eigenvalue weighted by molar-refractivity contribution is -0.116. The summed E-state index contributed by atoms with van der Waals surface area (Å²) in [5, 5.41) is 3.55. The first-order valence-electron chi connectivity index (χ1n) is 5.86. The van der Waals surface area contributed by atoms with Crippen molar-refractivity contribution in [1.29, 1.82) is 0 Å². The van der Waals surface area contributed by atoms with E-state index in [-0.39, 0.29) is 5.91 Å². The smallest absolute Gasteiger partial charge is 0.226 e. The van der Waals surface area contributed by atoms with Crippen LogP contribution in [0.3, 0.4) is 0 Å². The highest BCUT2D eigenvalue weighted by Crippen LogP contribution is 2.26. The number of hydrogen-bond acceptors (Lipinski definition) is 3. The van der Waals surface area contributed by atoms with Gasteiger partial charge in [0.15, 0.2) is 5.13 Å². The maximum absolute atomic E-state index is 11.6. The van der Waals surface area contributed by atoms with Crippen LogP contribution in [-0.2, 0) is 4.79 Å². The Morgan fingerprint density at radius 1 is 1.47 bits per heavy atom. The van der Waals surface area contributed by atoms with Crippen LogP contribution in [0.2, 0.25) is 0 Å². The fraction of sp³-hybridized carbons (Fsp3) is 0.385. The highest BCUT2D eigenvalue weighted by Gasteiger charge is 2.07. The molecule has 0 unspecified atom stereocenters. The Morgan fingerprint density at radius 2 is 2.29 bits per heavy atom. The molecule has 1 heterocycles. The van der Waals surface area contributed by atoms with Crippen molar-refractivity contribution in [3.8, 4) is 0 Å². The Balaban J connectivity index is 2.11. The summed E-state index contributed by atoms with van der Waals surface area (Å²) in [6.07, 6.45) is 2.54. The summed E-state index contributed by atoms with van der Waals surface area (Å²) in [7, 11) is 0. The third-order valence-corrected chi connectivity index (χ3v) is 3.48. The number of unbranched alkanes of at least 4 members (excludes halogenated alkanes) is 1. The molecular weight excluding hydrogens is 232 g/mol. The molecule has 90 valence electrons. The van der Waals surface area contributed by atoms with Gasteiger partial charge in [-0.25, -0.2) is 4.98 Å². The molecule has 0 bridgehead atoms. The average molecular weight is 248 g/mol. The first-order chi connectivity index (χ1) is 8.19. The number of carbonyl (C=O) groups is 1. The summed E-state index contributed by atoms with van der Waals surface area (Å²) in [5.74, 6) is 0.0580. The topological polar surface area (TPSA) is 42.0 Å². The predicted molar refractivity (Wildman–Crippen MR) is 72.5 cm³/mol. The van der Waals surface area contributed by atoms with E-state index in [0.717, 1.165) is 23.1 Å². The van der Waals surface area contributed by atoms with Crippen LogP contribution in [0.1, 0.15) is 31.7 Å². The second-order valence-electron chi connectivity index (χ2n) is 4.14. The van der Waals surface area contributed by atoms with Gasteiger partial charge >= 0.3 is 0 Å². The number of aryl methyl sites for hydroxylation is 1. The molecule has 0 saturated carbocycles. The molecular formula is C13H16N2OS. The predicted octanol–water partition coefficient (Wildman–Crippen LogP) is 3.73. The van der Waals surface area contributed by atoms with Crippen molar-refractivity contribution in [2.24, 2.45) is 0 Å². The van der Waals surface area contributed by atoms with Crippen LogP contribution in [0, 0.1) is 6.92 Å². The largest absolute Gasteiger partial charge is 0.302 e. The van der Waals surface area contributed by atoms with Crippen molar-refractivity contribution in [2.45, 2.75) is 33.1 Å². The van der Waals surface area contributed by atoms with E-state index >= 15 is 0 Å². The van der Waals surface area contributed by atoms with Gasteiger partial charge in [0.1, 0.15) is 0 Å². The summed E-state index contributed by atoms with van der Waals surface area (Å²) in [4.78, 5) is 16.0. The molecule has 0 spiro atoms. The van der Waals surface area contributed by atoms with Gasteiger partial charge in [0.2, 0.25) is 5.91 Å². The van der Waals surface area contributed by atoms with Crippen LogP contribution in [-0.4, -0.2) is 10.9 Å². The Hall–Kier alpha value is -1.42. The minimum atomic E-state index is 0.0580. The van der Waals surface area contributed by atoms with Gasteiger partial charge in [-0.05, 0) is 31.0 Å². The zero-order valence-corrected chi connectivity index (χ0v) is 10.9. The van der Waals surface area contributed by atoms with Gasteiger partial charge in [0.25, 0.3) is 0 Å². The lowest BCUT2D eigenvalue weighted by Gasteiger charge is -1.98. The van der Waals surface area contributed by atoms with Crippen LogP contribution in [0.5, 0.6) is 0 Å². The summed E-state index contributed by atoms with van der Waals surface area (Å²) in [6, 6.07) is 6.11. The summed E-state index contributed by atoms with van der Waals surface area (Å²) < 4.78 is 1.12. The Bertz CT molecular complexity index is 533. The normalized spacial score (nSPS) is 10.7. The van der Waals surface area contributed by atoms with Crippen molar-refractivity contribution < 1.29 is 4.79 Å². The number of nitrogens with one attached hydrogen (secondary N) is 1. The number of thiazole rings is 1. The van der Waals surface area contributed by atoms with Gasteiger partial charge in [0.05, 0.1) is 10.2 Å². The average Bonchev–Trinajstić information content (AvgIpc) is 2.67. The molecule has 0 aliphatic carbocycles. The van der Waals surface area contributed by atoms with E-state index in [4.69, 9.17) is 0 Å². The number of fused-ring (bicyclic) bond motifs is 1. The molecule has 3 nitrogen and oxygen atoms in total. The molecule has 0 saturated heterocycles. The molecule has 1 amide bonds. The monoisotopic (exact) mass is 248 g/mol. The summed E-state index contributed by atoms with van der Waals surface area (Å²) in [5.41, 5.74) is 2.16. The number of amides is 1. The number of rotatable bonds is 4. The quantitative estimate of drug-likeness (QED) is 0.895. The molecule has 0 aliphatic heterocycles. The van der Waals surface area contributed by atoms with E-state index in [1.807, 2.05) is 12.1 Å². The molecule has 4 heteroatoms. The van der Waals surface area contributed by atoms with Gasteiger partial charge in [-0.2, -0.15) is 0 Å². The Kier molecular flexibility index (Phi) is 3.74. The fourth-order valence-corrected chi connectivity index (χ4v) is 2.58. The summed E-state index contributed by atoms with van der Waals surface area (Å²) >= 11 is 1.53. The van der Waals surface area contributed by atoms with Gasteiger partial charge in [-0.3, -0.25) is 4.79 Å². The second kappa shape index (κ2) is 5.27. The zero-order valence-electron chi connectivity index (χ0n) is 10.1. The van der Waals surface area contributed by atoms with Crippen LogP contribution < -0.4 is 5.32 Å². The standard InChI is InChI=1S/C13H16N2OS/c1-3-4-5-12(16)15-13-14-10-7-6-9(2)8-11(10)17-13/h6-8H,3-5H2,1-2H3,(H,14,15,16). The first-order valence-corrected chi connectivity index (χ1v) is 6.67. The number of anilines is 1. The van der Waals surface area contributed by atoms with Crippen LogP contribution in [0.15, 0.2) is 18.2 Å². The number of carbonyl (C=O) groups excluding carboxylic acids is 1. The van der Waals surface area contributed by atoms with Crippen LogP contribution >= 0.6 is 11.3 Å². The molecule has 17 heavy (non-hydrogen) atoms. The minimum absolute atomic E-state index is 0.0580. The molecule has 0 fully saturated rings. The molecule has 2 aromatic rings. The van der Waals surface area contributed by atoms with E-state index in [9.17, 15) is 4.79 Å². The van der Waals surface area contributed by atoms with E-state index < -0.39 is 0 Å². The van der Waals surface area contributed by atoms with Crippen molar-refractivity contribution >= 4 is 32.6 Å². The SMILES string of the molecule is CCCCC(=O)Nc1nc2ccc(C)cc2s1. The third-order valence-electron chi connectivity index (χ3n) is 2.55. The maximum atomic E-state index is 11.6. The highest BCUT2D eigenvalue weighted by molar-refractivity contribution is 7.22. The molecule has 1 aromatic heterocycles. The maximum Gasteiger partial charge on any atom is 0.226 e. The van der Waals surface area contributed by atoms with E-state index in [2.05, 4.69) is 30.2 Å². The molecule has 0 aliphatic rings. The van der Waals surface area contributed by atoms with Gasteiger partial charge < -0.3 is 5.32 Å². The molecule has 1 aromatic carbocycles. The molecule has 2 rings (SSSR count). The highest BCUT2D eigenvalue weighted by atomic mass is 32.1. The van der Waals surface area contributed by atoms with Crippen LogP contribution in [0.4, 0.5) is 5.13 Å². The minimum Gasteiger partial charge on any atom is -0.302 e. The van der Waals surface area contributed by atoms with Crippen molar-refractivity contribution in [2.75, 3.05) is 5.32 Å². The van der Waals surface area contributed by atoms with Gasteiger partial charge in [0, 0.05) is 6.42 Å². The van der Waals surface area contributed by atoms with Crippen molar-refractivity contribution in [1.82, 2.24) is 4.98 Å². The van der Waals surface area contributed by atoms with E-state index in [1.165, 1.54) is 16.9 Å². The van der Waals surface area contributed by atoms with Gasteiger partial charge in [-0.1, -0.05) is 30.7 Å². The number of aromatic nitrogens is 1. The van der Waals surface area contributed by atoms with E-state index in [1.54, 1.807) is 0 Å². The number of nitrogens with zero attached hydrogens (tertiary/aromatic N) is 1. The first kappa shape index (κ1) is 12.0. The molecule has 1 N–H and O–H groups in total. The van der Waals surface area contributed by atoms with Crippen molar-refractivity contribution in [3.05, 3.63) is 23.8 Å². The van der Waals surface area contributed by atoms with Gasteiger partial charge in [-0.15, -0.1) is 0 Å². The molecule has 0 radical (unpaired) electrons. The summed E-state index contributed by atoms with van der Waals surface area (Å²) in [6.45, 7) is 4.13. The third kappa shape index (κ3) is 3.03.